The van der Waals surface area contributed by atoms with Gasteiger partial charge in [0, 0.05) is 19.3 Å². The molecule has 0 spiro atoms. The number of hydrogen-bond acceptors (Lipinski definition) is 6. The molecule has 1 unspecified atom stereocenters. The number of carbonyl (C=O) groups excluding carboxylic acids is 3. The quantitative estimate of drug-likeness (QED) is 0.0261. The zero-order valence-corrected chi connectivity index (χ0v) is 53.9. The van der Waals surface area contributed by atoms with Crippen LogP contribution in [0.3, 0.4) is 0 Å². The summed E-state index contributed by atoms with van der Waals surface area (Å²) in [5.41, 5.74) is 0. The lowest BCUT2D eigenvalue weighted by Gasteiger charge is -2.18. The van der Waals surface area contributed by atoms with Crippen LogP contribution >= 0.6 is 0 Å². The first kappa shape index (κ1) is 77.4. The maximum absolute atomic E-state index is 12.9. The average molecular weight is 1120 g/mol. The molecular weight excluding hydrogens is 985 g/mol. The lowest BCUT2D eigenvalue weighted by Crippen LogP contribution is -2.30. The first-order valence-electron chi connectivity index (χ1n) is 35.6. The van der Waals surface area contributed by atoms with Crippen molar-refractivity contribution in [2.45, 2.75) is 393 Å². The monoisotopic (exact) mass is 1120 g/mol. The highest BCUT2D eigenvalue weighted by Gasteiger charge is 2.19. The number of carbonyl (C=O) groups is 3. The van der Waals surface area contributed by atoms with Crippen molar-refractivity contribution in [3.63, 3.8) is 0 Å². The van der Waals surface area contributed by atoms with Gasteiger partial charge >= 0.3 is 17.9 Å². The number of rotatable bonds is 66. The summed E-state index contributed by atoms with van der Waals surface area (Å²) >= 11 is 0. The van der Waals surface area contributed by atoms with Crippen molar-refractivity contribution in [2.24, 2.45) is 0 Å². The van der Waals surface area contributed by atoms with Gasteiger partial charge in [0.15, 0.2) is 6.10 Å². The van der Waals surface area contributed by atoms with Crippen molar-refractivity contribution in [1.29, 1.82) is 0 Å². The van der Waals surface area contributed by atoms with Crippen LogP contribution in [0.2, 0.25) is 0 Å². The molecule has 0 N–H and O–H groups in total. The van der Waals surface area contributed by atoms with Gasteiger partial charge in [0.05, 0.1) is 0 Å². The first-order valence-corrected chi connectivity index (χ1v) is 35.6. The molecule has 6 nitrogen and oxygen atoms in total. The zero-order valence-electron chi connectivity index (χ0n) is 53.9. The molecule has 0 heterocycles. The number of hydrogen-bond donors (Lipinski definition) is 0. The Hall–Kier alpha value is -2.63. The molecule has 1 atom stereocenters. The van der Waals surface area contributed by atoms with Crippen LogP contribution < -0.4 is 0 Å². The molecule has 0 radical (unpaired) electrons. The van der Waals surface area contributed by atoms with Crippen LogP contribution in [-0.4, -0.2) is 37.2 Å². The number of allylic oxidation sites excluding steroid dienone is 8. The second kappa shape index (κ2) is 68.9. The molecule has 0 aliphatic rings. The van der Waals surface area contributed by atoms with Crippen LogP contribution in [0.1, 0.15) is 387 Å². The van der Waals surface area contributed by atoms with Crippen LogP contribution in [0.15, 0.2) is 48.6 Å². The second-order valence-corrected chi connectivity index (χ2v) is 24.1. The minimum Gasteiger partial charge on any atom is -0.462 e. The predicted molar refractivity (Wildman–Crippen MR) is 349 cm³/mol. The summed E-state index contributed by atoms with van der Waals surface area (Å²) in [7, 11) is 0. The van der Waals surface area contributed by atoms with E-state index < -0.39 is 6.10 Å². The van der Waals surface area contributed by atoms with Crippen LogP contribution in [0.25, 0.3) is 0 Å². The highest BCUT2D eigenvalue weighted by Crippen LogP contribution is 2.18. The summed E-state index contributed by atoms with van der Waals surface area (Å²) in [4.78, 5) is 38.2. The van der Waals surface area contributed by atoms with Gasteiger partial charge in [0.2, 0.25) is 0 Å². The third-order valence-electron chi connectivity index (χ3n) is 16.1. The maximum Gasteiger partial charge on any atom is 0.306 e. The third-order valence-corrected chi connectivity index (χ3v) is 16.1. The Bertz CT molecular complexity index is 1380. The normalized spacial score (nSPS) is 12.3. The van der Waals surface area contributed by atoms with Crippen LogP contribution in [0.4, 0.5) is 0 Å². The molecule has 0 amide bonds. The Morgan fingerprint density at radius 3 is 0.713 bits per heavy atom. The average Bonchev–Trinajstić information content (AvgIpc) is 3.46. The molecule has 6 heteroatoms. The number of ether oxygens (including phenoxy) is 3. The van der Waals surface area contributed by atoms with Gasteiger partial charge in [-0.15, -0.1) is 0 Å². The van der Waals surface area contributed by atoms with Gasteiger partial charge in [-0.05, 0) is 83.5 Å². The van der Waals surface area contributed by atoms with E-state index in [1.165, 1.54) is 276 Å². The van der Waals surface area contributed by atoms with Crippen molar-refractivity contribution in [1.82, 2.24) is 0 Å². The molecule has 0 aromatic carbocycles. The zero-order chi connectivity index (χ0) is 57.8. The molecule has 0 fully saturated rings. The van der Waals surface area contributed by atoms with E-state index in [2.05, 4.69) is 69.4 Å². The van der Waals surface area contributed by atoms with Crippen molar-refractivity contribution < 1.29 is 28.6 Å². The number of unbranched alkanes of at least 4 members (excludes halogenated alkanes) is 47. The highest BCUT2D eigenvalue weighted by molar-refractivity contribution is 5.71. The van der Waals surface area contributed by atoms with E-state index in [-0.39, 0.29) is 31.1 Å². The van der Waals surface area contributed by atoms with E-state index in [0.29, 0.717) is 19.3 Å². The molecule has 0 saturated heterocycles. The molecular formula is C74H136O6. The Morgan fingerprint density at radius 1 is 0.250 bits per heavy atom. The standard InChI is InChI=1S/C74H136O6/c1-4-7-10-13-16-19-21-23-25-27-29-31-33-35-37-39-41-43-45-47-49-51-53-55-58-61-64-67-73(76)79-70-71(69-78-72(75)66-63-60-57-18-15-12-9-6-3)80-74(77)68-65-62-59-56-54-52-50-48-46-44-42-40-38-36-34-32-30-28-26-24-22-20-17-14-11-8-5-2/h21,23,27-30,33,35,71H,4-20,22,24-26,31-32,34,36-70H2,1-3H3/b23-21-,29-27-,30-28-,35-33-. The third kappa shape index (κ3) is 66.2. The van der Waals surface area contributed by atoms with Gasteiger partial charge in [-0.3, -0.25) is 14.4 Å². The van der Waals surface area contributed by atoms with Gasteiger partial charge in [-0.25, -0.2) is 0 Å². The first-order chi connectivity index (χ1) is 39.5. The minimum atomic E-state index is -0.771. The molecule has 0 rings (SSSR count). The van der Waals surface area contributed by atoms with Crippen molar-refractivity contribution in [3.8, 4) is 0 Å². The molecule has 0 saturated carbocycles. The SMILES string of the molecule is CCCCCCC/C=C\C/C=C\C/C=C\CCCCCCCCCCCCCCC(=O)OCC(COC(=O)CCCCCCCCCC)OC(=O)CCCCCCCCCCCCCCCCC/C=C\CCCCCCCCCC. The van der Waals surface area contributed by atoms with E-state index in [4.69, 9.17) is 14.2 Å². The molecule has 0 aromatic rings. The summed E-state index contributed by atoms with van der Waals surface area (Å²) in [6.45, 7) is 6.66. The van der Waals surface area contributed by atoms with Gasteiger partial charge in [0.25, 0.3) is 0 Å². The Kier molecular flexibility index (Phi) is 66.6. The molecule has 0 aromatic heterocycles. The summed E-state index contributed by atoms with van der Waals surface area (Å²) < 4.78 is 16.9. The smallest absolute Gasteiger partial charge is 0.306 e. The molecule has 468 valence electrons. The van der Waals surface area contributed by atoms with E-state index >= 15 is 0 Å². The second-order valence-electron chi connectivity index (χ2n) is 24.1. The Labute approximate surface area is 498 Å². The van der Waals surface area contributed by atoms with Gasteiger partial charge < -0.3 is 14.2 Å². The van der Waals surface area contributed by atoms with Crippen LogP contribution in [0, 0.1) is 0 Å². The Balaban J connectivity index is 4.09. The van der Waals surface area contributed by atoms with E-state index in [9.17, 15) is 14.4 Å². The van der Waals surface area contributed by atoms with E-state index in [0.717, 1.165) is 70.6 Å². The van der Waals surface area contributed by atoms with E-state index in [1.54, 1.807) is 0 Å². The highest BCUT2D eigenvalue weighted by atomic mass is 16.6. The molecule has 0 aliphatic carbocycles. The molecule has 80 heavy (non-hydrogen) atoms. The molecule has 0 bridgehead atoms. The molecule has 0 aliphatic heterocycles. The van der Waals surface area contributed by atoms with Crippen LogP contribution in [0.5, 0.6) is 0 Å². The number of esters is 3. The van der Waals surface area contributed by atoms with Crippen molar-refractivity contribution in [2.75, 3.05) is 13.2 Å². The van der Waals surface area contributed by atoms with E-state index in [1.807, 2.05) is 0 Å². The lowest BCUT2D eigenvalue weighted by atomic mass is 10.0. The van der Waals surface area contributed by atoms with Gasteiger partial charge in [-0.2, -0.15) is 0 Å². The van der Waals surface area contributed by atoms with Crippen molar-refractivity contribution in [3.05, 3.63) is 48.6 Å². The fourth-order valence-corrected chi connectivity index (χ4v) is 10.7. The predicted octanol–water partition coefficient (Wildman–Crippen LogP) is 24.5. The van der Waals surface area contributed by atoms with Gasteiger partial charge in [-0.1, -0.05) is 333 Å². The summed E-state index contributed by atoms with van der Waals surface area (Å²) in [6.07, 6.45) is 87.4. The fourth-order valence-electron chi connectivity index (χ4n) is 10.7. The topological polar surface area (TPSA) is 78.9 Å². The Morgan fingerprint density at radius 2 is 0.450 bits per heavy atom. The summed E-state index contributed by atoms with van der Waals surface area (Å²) in [5.74, 6) is -0.852. The summed E-state index contributed by atoms with van der Waals surface area (Å²) in [6, 6.07) is 0. The van der Waals surface area contributed by atoms with Gasteiger partial charge in [0.1, 0.15) is 13.2 Å². The lowest BCUT2D eigenvalue weighted by molar-refractivity contribution is -0.167. The maximum atomic E-state index is 12.9. The van der Waals surface area contributed by atoms with Crippen LogP contribution in [-0.2, 0) is 28.6 Å². The largest absolute Gasteiger partial charge is 0.462 e. The minimum absolute atomic E-state index is 0.0691. The summed E-state index contributed by atoms with van der Waals surface area (Å²) in [5, 5.41) is 0. The fraction of sp³-hybridized carbons (Fsp3) is 0.851. The van der Waals surface area contributed by atoms with Crippen molar-refractivity contribution >= 4 is 17.9 Å².